The first kappa shape index (κ1) is 18.2. The molecule has 0 aliphatic carbocycles. The lowest BCUT2D eigenvalue weighted by Crippen LogP contribution is -2.49. The van der Waals surface area contributed by atoms with E-state index in [-0.39, 0.29) is 24.1 Å². The number of benzene rings is 1. The van der Waals surface area contributed by atoms with Crippen molar-refractivity contribution in [2.75, 3.05) is 37.6 Å². The molecular weight excluding hydrogens is 309 g/mol. The van der Waals surface area contributed by atoms with Gasteiger partial charge in [0.25, 0.3) is 0 Å². The molecule has 1 aliphatic rings. The van der Waals surface area contributed by atoms with Crippen LogP contribution in [0.1, 0.15) is 32.6 Å². The van der Waals surface area contributed by atoms with Crippen LogP contribution in [0.2, 0.25) is 0 Å². The quantitative estimate of drug-likeness (QED) is 0.614. The highest BCUT2D eigenvalue weighted by molar-refractivity contribution is 5.96. The number of hydrogen-bond acceptors (Lipinski definition) is 3. The van der Waals surface area contributed by atoms with Gasteiger partial charge >= 0.3 is 0 Å². The van der Waals surface area contributed by atoms with Crippen LogP contribution >= 0.6 is 0 Å². The van der Waals surface area contributed by atoms with E-state index in [4.69, 9.17) is 0 Å². The average Bonchev–Trinajstić information content (AvgIpc) is 2.59. The lowest BCUT2D eigenvalue weighted by atomic mass is 10.2. The molecule has 0 radical (unpaired) electrons. The van der Waals surface area contributed by atoms with E-state index in [1.54, 1.807) is 17.0 Å². The molecule has 0 atom stereocenters. The summed E-state index contributed by atoms with van der Waals surface area (Å²) in [6.07, 6.45) is 3.06. The van der Waals surface area contributed by atoms with Gasteiger partial charge in [0.15, 0.2) is 0 Å². The topological polar surface area (TPSA) is 52.7 Å². The predicted molar refractivity (Wildman–Crippen MR) is 92.3 cm³/mol. The summed E-state index contributed by atoms with van der Waals surface area (Å²) in [5, 5.41) is 2.80. The number of hydrogen-bond donors (Lipinski definition) is 1. The van der Waals surface area contributed by atoms with Crippen molar-refractivity contribution in [2.45, 2.75) is 32.6 Å². The smallest absolute Gasteiger partial charge is 0.232 e. The number of carbonyl (C=O) groups is 2. The van der Waals surface area contributed by atoms with Crippen molar-refractivity contribution in [3.63, 3.8) is 0 Å². The first-order valence-electron chi connectivity index (χ1n) is 8.65. The summed E-state index contributed by atoms with van der Waals surface area (Å²) >= 11 is 0. The lowest BCUT2D eigenvalue weighted by Gasteiger charge is -2.36. The SMILES string of the molecule is CCCCCNC(=O)CC(=O)N1CCN(c2ccc(F)cc2)CC1. The first-order valence-corrected chi connectivity index (χ1v) is 8.65. The van der Waals surface area contributed by atoms with E-state index in [2.05, 4.69) is 17.1 Å². The molecule has 0 spiro atoms. The summed E-state index contributed by atoms with van der Waals surface area (Å²) in [6, 6.07) is 6.37. The fraction of sp³-hybridized carbons (Fsp3) is 0.556. The third-order valence-electron chi connectivity index (χ3n) is 4.24. The largest absolute Gasteiger partial charge is 0.368 e. The second-order valence-electron chi connectivity index (χ2n) is 6.08. The molecule has 1 aliphatic heterocycles. The number of unbranched alkanes of at least 4 members (excludes halogenated alkanes) is 2. The molecule has 1 N–H and O–H groups in total. The van der Waals surface area contributed by atoms with Gasteiger partial charge in [-0.15, -0.1) is 0 Å². The van der Waals surface area contributed by atoms with Crippen molar-refractivity contribution in [1.82, 2.24) is 10.2 Å². The lowest BCUT2D eigenvalue weighted by molar-refractivity contribution is -0.136. The van der Waals surface area contributed by atoms with Gasteiger partial charge in [0.05, 0.1) is 0 Å². The highest BCUT2D eigenvalue weighted by Gasteiger charge is 2.22. The summed E-state index contributed by atoms with van der Waals surface area (Å²) in [5.41, 5.74) is 0.956. The Morgan fingerprint density at radius 1 is 1.08 bits per heavy atom. The minimum Gasteiger partial charge on any atom is -0.368 e. The normalized spacial score (nSPS) is 14.6. The van der Waals surface area contributed by atoms with Crippen LogP contribution in [0.3, 0.4) is 0 Å². The molecule has 132 valence electrons. The maximum Gasteiger partial charge on any atom is 0.232 e. The van der Waals surface area contributed by atoms with Crippen molar-refractivity contribution in [2.24, 2.45) is 0 Å². The molecule has 0 aromatic heterocycles. The minimum atomic E-state index is -0.252. The van der Waals surface area contributed by atoms with Crippen molar-refractivity contribution in [3.05, 3.63) is 30.1 Å². The molecule has 1 heterocycles. The minimum absolute atomic E-state index is 0.0807. The summed E-state index contributed by atoms with van der Waals surface area (Å²) in [7, 11) is 0. The van der Waals surface area contributed by atoms with Crippen molar-refractivity contribution < 1.29 is 14.0 Å². The number of halogens is 1. The van der Waals surface area contributed by atoms with Gasteiger partial charge in [0.1, 0.15) is 12.2 Å². The van der Waals surface area contributed by atoms with Gasteiger partial charge in [-0.1, -0.05) is 19.8 Å². The van der Waals surface area contributed by atoms with Gasteiger partial charge in [0, 0.05) is 38.4 Å². The van der Waals surface area contributed by atoms with Crippen LogP contribution in [0.5, 0.6) is 0 Å². The maximum atomic E-state index is 13.0. The first-order chi connectivity index (χ1) is 11.6. The molecule has 0 saturated carbocycles. The Labute approximate surface area is 142 Å². The van der Waals surface area contributed by atoms with Gasteiger partial charge in [-0.2, -0.15) is 0 Å². The van der Waals surface area contributed by atoms with Crippen LogP contribution in [0.4, 0.5) is 10.1 Å². The van der Waals surface area contributed by atoms with Crippen LogP contribution in [0, 0.1) is 5.82 Å². The fourth-order valence-electron chi connectivity index (χ4n) is 2.78. The van der Waals surface area contributed by atoms with Gasteiger partial charge in [-0.3, -0.25) is 9.59 Å². The molecule has 1 aromatic carbocycles. The zero-order chi connectivity index (χ0) is 17.4. The van der Waals surface area contributed by atoms with Crippen LogP contribution < -0.4 is 10.2 Å². The highest BCUT2D eigenvalue weighted by Crippen LogP contribution is 2.17. The van der Waals surface area contributed by atoms with Crippen LogP contribution in [-0.2, 0) is 9.59 Å². The van der Waals surface area contributed by atoms with Crippen LogP contribution in [-0.4, -0.2) is 49.4 Å². The van der Waals surface area contributed by atoms with Crippen LogP contribution in [0.15, 0.2) is 24.3 Å². The van der Waals surface area contributed by atoms with Gasteiger partial charge in [0.2, 0.25) is 11.8 Å². The number of rotatable bonds is 7. The predicted octanol–water partition coefficient (Wildman–Crippen LogP) is 2.17. The summed E-state index contributed by atoms with van der Waals surface area (Å²) in [5.74, 6) is -0.573. The Bertz CT molecular complexity index is 540. The van der Waals surface area contributed by atoms with Gasteiger partial charge < -0.3 is 15.1 Å². The average molecular weight is 335 g/mol. The molecule has 0 unspecified atom stereocenters. The fourth-order valence-corrected chi connectivity index (χ4v) is 2.78. The molecule has 6 heteroatoms. The summed E-state index contributed by atoms with van der Waals surface area (Å²) in [4.78, 5) is 27.8. The second-order valence-corrected chi connectivity index (χ2v) is 6.08. The monoisotopic (exact) mass is 335 g/mol. The number of nitrogens with one attached hydrogen (secondary N) is 1. The maximum absolute atomic E-state index is 13.0. The number of carbonyl (C=O) groups excluding carboxylic acids is 2. The van der Waals surface area contributed by atoms with Gasteiger partial charge in [-0.25, -0.2) is 4.39 Å². The van der Waals surface area contributed by atoms with Crippen LogP contribution in [0.25, 0.3) is 0 Å². The molecule has 5 nitrogen and oxygen atoms in total. The van der Waals surface area contributed by atoms with E-state index >= 15 is 0 Å². The number of anilines is 1. The van der Waals surface area contributed by atoms with E-state index in [0.717, 1.165) is 24.9 Å². The Hall–Kier alpha value is -2.11. The number of nitrogens with zero attached hydrogens (tertiary/aromatic N) is 2. The molecule has 2 amide bonds. The molecular formula is C18H26FN3O2. The molecule has 2 rings (SSSR count). The Balaban J connectivity index is 1.72. The Kier molecular flexibility index (Phi) is 7.03. The van der Waals surface area contributed by atoms with E-state index in [9.17, 15) is 14.0 Å². The van der Waals surface area contributed by atoms with E-state index < -0.39 is 0 Å². The van der Waals surface area contributed by atoms with Gasteiger partial charge in [-0.05, 0) is 30.7 Å². The van der Waals surface area contributed by atoms with Crippen molar-refractivity contribution >= 4 is 17.5 Å². The molecule has 0 bridgehead atoms. The molecule has 24 heavy (non-hydrogen) atoms. The molecule has 1 aromatic rings. The van der Waals surface area contributed by atoms with E-state index in [0.29, 0.717) is 32.7 Å². The van der Waals surface area contributed by atoms with E-state index in [1.807, 2.05) is 0 Å². The van der Waals surface area contributed by atoms with Crippen molar-refractivity contribution in [1.29, 1.82) is 0 Å². The third-order valence-corrected chi connectivity index (χ3v) is 4.24. The number of piperazine rings is 1. The molecule has 1 saturated heterocycles. The highest BCUT2D eigenvalue weighted by atomic mass is 19.1. The summed E-state index contributed by atoms with van der Waals surface area (Å²) in [6.45, 7) is 5.29. The Morgan fingerprint density at radius 2 is 1.75 bits per heavy atom. The zero-order valence-corrected chi connectivity index (χ0v) is 14.3. The van der Waals surface area contributed by atoms with Crippen molar-refractivity contribution in [3.8, 4) is 0 Å². The zero-order valence-electron chi connectivity index (χ0n) is 14.3. The Morgan fingerprint density at radius 3 is 2.38 bits per heavy atom. The molecule has 1 fully saturated rings. The van der Waals surface area contributed by atoms with E-state index in [1.165, 1.54) is 12.1 Å². The number of amides is 2. The standard InChI is InChI=1S/C18H26FN3O2/c1-2-3-4-9-20-17(23)14-18(24)22-12-10-21(11-13-22)16-7-5-15(19)6-8-16/h5-8H,2-4,9-14H2,1H3,(H,20,23). The third kappa shape index (κ3) is 5.51. The second kappa shape index (κ2) is 9.25. The summed E-state index contributed by atoms with van der Waals surface area (Å²) < 4.78 is 13.0.